The zero-order chi connectivity index (χ0) is 41.0. The van der Waals surface area contributed by atoms with Gasteiger partial charge in [0.15, 0.2) is 5.82 Å². The highest BCUT2D eigenvalue weighted by Gasteiger charge is 2.22. The molecule has 0 aliphatic heterocycles. The van der Waals surface area contributed by atoms with E-state index in [-0.39, 0.29) is 0 Å². The van der Waals surface area contributed by atoms with Gasteiger partial charge in [0, 0.05) is 49.5 Å². The van der Waals surface area contributed by atoms with Crippen molar-refractivity contribution in [2.75, 3.05) is 0 Å². The van der Waals surface area contributed by atoms with Gasteiger partial charge < -0.3 is 4.42 Å². The first kappa shape index (κ1) is 35.5. The molecule has 0 saturated carbocycles. The Kier molecular flexibility index (Phi) is 8.42. The molecule has 0 fully saturated rings. The Bertz CT molecular complexity index is 3590. The number of rotatable bonds is 7. The van der Waals surface area contributed by atoms with Crippen molar-refractivity contribution in [3.8, 4) is 78.7 Å². The van der Waals surface area contributed by atoms with Crippen LogP contribution >= 0.6 is 0 Å². The summed E-state index contributed by atoms with van der Waals surface area (Å²) in [5, 5.41) is 10.0. The van der Waals surface area contributed by atoms with Crippen LogP contribution in [0.1, 0.15) is 0 Å². The molecule has 62 heavy (non-hydrogen) atoms. The van der Waals surface area contributed by atoms with Crippen LogP contribution in [0, 0.1) is 0 Å². The molecule has 12 aromatic rings. The number of nitrogens with zero attached hydrogens (tertiary/aromatic N) is 4. The molecule has 0 amide bonds. The van der Waals surface area contributed by atoms with Crippen molar-refractivity contribution < 1.29 is 4.42 Å². The van der Waals surface area contributed by atoms with Gasteiger partial charge in [0.2, 0.25) is 0 Å². The molecule has 0 spiro atoms. The maximum Gasteiger partial charge on any atom is 0.160 e. The number of hydrogen-bond acceptors (Lipinski definition) is 4. The molecule has 5 nitrogen and oxygen atoms in total. The highest BCUT2D eigenvalue weighted by atomic mass is 16.3. The molecule has 0 radical (unpaired) electrons. The lowest BCUT2D eigenvalue weighted by Crippen LogP contribution is -1.96. The predicted octanol–water partition coefficient (Wildman–Crippen LogP) is 14.8. The largest absolute Gasteiger partial charge is 0.456 e. The van der Waals surface area contributed by atoms with Crippen LogP contribution in [0.3, 0.4) is 0 Å². The minimum Gasteiger partial charge on any atom is -0.456 e. The minimum atomic E-state index is 0.674. The van der Waals surface area contributed by atoms with Crippen molar-refractivity contribution in [1.82, 2.24) is 19.6 Å². The molecule has 4 aromatic heterocycles. The summed E-state index contributed by atoms with van der Waals surface area (Å²) in [5.41, 5.74) is 16.1. The number of para-hydroxylation sites is 1. The molecular formula is C57H36N4O. The number of benzene rings is 8. The lowest BCUT2D eigenvalue weighted by molar-refractivity contribution is 0.669. The summed E-state index contributed by atoms with van der Waals surface area (Å²) >= 11 is 0. The highest BCUT2D eigenvalue weighted by Crippen LogP contribution is 2.42. The second-order valence-corrected chi connectivity index (χ2v) is 15.6. The van der Waals surface area contributed by atoms with Gasteiger partial charge in [-0.25, -0.2) is 14.5 Å². The van der Waals surface area contributed by atoms with E-state index in [1.54, 1.807) is 0 Å². The third-order valence-electron chi connectivity index (χ3n) is 11.9. The first-order chi connectivity index (χ1) is 30.7. The highest BCUT2D eigenvalue weighted by molar-refractivity contribution is 6.12. The van der Waals surface area contributed by atoms with Gasteiger partial charge in [-0.2, -0.15) is 5.10 Å². The summed E-state index contributed by atoms with van der Waals surface area (Å²) in [7, 11) is 0. The van der Waals surface area contributed by atoms with Crippen LogP contribution in [0.5, 0.6) is 0 Å². The van der Waals surface area contributed by atoms with Crippen molar-refractivity contribution in [1.29, 1.82) is 0 Å². The van der Waals surface area contributed by atoms with E-state index in [2.05, 4.69) is 187 Å². The van der Waals surface area contributed by atoms with Gasteiger partial charge in [-0.05, 0) is 46.3 Å². The Morgan fingerprint density at radius 3 is 1.63 bits per heavy atom. The SMILES string of the molecule is c1ccc(-c2nc(-c3ccc(-c4nn5c(-c6ccccc6)cc6ccccc6c5c4-c4ccccc4)cc3)cc(-c3ccc(-c4cccc5oc6ccccc6c45)cc3)n2)cc1. The molecule has 0 saturated heterocycles. The van der Waals surface area contributed by atoms with Gasteiger partial charge >= 0.3 is 0 Å². The van der Waals surface area contributed by atoms with E-state index in [4.69, 9.17) is 19.5 Å². The Hall–Kier alpha value is -8.41. The van der Waals surface area contributed by atoms with Gasteiger partial charge in [-0.15, -0.1) is 0 Å². The van der Waals surface area contributed by atoms with Crippen molar-refractivity contribution in [2.24, 2.45) is 0 Å². The van der Waals surface area contributed by atoms with Crippen LogP contribution in [0.4, 0.5) is 0 Å². The Morgan fingerprint density at radius 1 is 0.387 bits per heavy atom. The fraction of sp³-hybridized carbons (Fsp3) is 0. The molecule has 8 aromatic carbocycles. The standard InChI is InChI=1S/C57H36N4O/c1-4-15-40(16-5-1)50-35-44-21-10-11-22-46(44)56-53(41-17-6-2-7-18-41)55(60-61(50)56)42-33-31-39(32-34-42)49-36-48(58-57(59-49)43-19-8-3-9-20-43)38-29-27-37(28-30-38)45-24-14-26-52-54(45)47-23-12-13-25-51(47)62-52/h1-36H. The molecule has 0 aliphatic rings. The quantitative estimate of drug-likeness (QED) is 0.161. The third-order valence-corrected chi connectivity index (χ3v) is 11.9. The van der Waals surface area contributed by atoms with Crippen LogP contribution in [0.2, 0.25) is 0 Å². The normalized spacial score (nSPS) is 11.5. The second kappa shape index (κ2) is 14.7. The van der Waals surface area contributed by atoms with Gasteiger partial charge in [0.05, 0.1) is 22.6 Å². The van der Waals surface area contributed by atoms with E-state index in [9.17, 15) is 0 Å². The van der Waals surface area contributed by atoms with E-state index in [0.717, 1.165) is 106 Å². The van der Waals surface area contributed by atoms with Crippen molar-refractivity contribution >= 4 is 38.2 Å². The topological polar surface area (TPSA) is 56.2 Å². The smallest absolute Gasteiger partial charge is 0.160 e. The van der Waals surface area contributed by atoms with Crippen molar-refractivity contribution in [3.63, 3.8) is 0 Å². The summed E-state index contributed by atoms with van der Waals surface area (Å²) in [6.07, 6.45) is 0. The zero-order valence-corrected chi connectivity index (χ0v) is 33.5. The van der Waals surface area contributed by atoms with Gasteiger partial charge in [-0.3, -0.25) is 0 Å². The first-order valence-electron chi connectivity index (χ1n) is 20.9. The molecule has 0 bridgehead atoms. The van der Waals surface area contributed by atoms with E-state index in [0.29, 0.717) is 5.82 Å². The summed E-state index contributed by atoms with van der Waals surface area (Å²) in [6.45, 7) is 0. The van der Waals surface area contributed by atoms with E-state index in [1.165, 1.54) is 5.39 Å². The molecule has 0 aliphatic carbocycles. The second-order valence-electron chi connectivity index (χ2n) is 15.6. The fourth-order valence-corrected chi connectivity index (χ4v) is 8.88. The Balaban J connectivity index is 0.978. The molecule has 0 N–H and O–H groups in total. The fourth-order valence-electron chi connectivity index (χ4n) is 8.88. The van der Waals surface area contributed by atoms with Gasteiger partial charge in [-0.1, -0.05) is 194 Å². The van der Waals surface area contributed by atoms with Gasteiger partial charge in [0.1, 0.15) is 16.9 Å². The number of fused-ring (bicyclic) bond motifs is 6. The monoisotopic (exact) mass is 792 g/mol. The first-order valence-corrected chi connectivity index (χ1v) is 20.9. The van der Waals surface area contributed by atoms with Crippen molar-refractivity contribution in [3.05, 3.63) is 218 Å². The summed E-state index contributed by atoms with van der Waals surface area (Å²) < 4.78 is 8.34. The number of pyridine rings is 1. The van der Waals surface area contributed by atoms with Crippen LogP contribution in [0.15, 0.2) is 223 Å². The maximum atomic E-state index is 6.21. The lowest BCUT2D eigenvalue weighted by Gasteiger charge is -2.11. The Labute approximate surface area is 357 Å². The third kappa shape index (κ3) is 6.06. The average Bonchev–Trinajstić information content (AvgIpc) is 3.95. The molecular weight excluding hydrogens is 757 g/mol. The number of furan rings is 1. The van der Waals surface area contributed by atoms with Crippen LogP contribution in [-0.2, 0) is 0 Å². The minimum absolute atomic E-state index is 0.674. The summed E-state index contributed by atoms with van der Waals surface area (Å²) in [5.74, 6) is 0.674. The van der Waals surface area contributed by atoms with E-state index in [1.807, 2.05) is 36.4 Å². The van der Waals surface area contributed by atoms with Crippen LogP contribution < -0.4 is 0 Å². The molecule has 12 rings (SSSR count). The summed E-state index contributed by atoms with van der Waals surface area (Å²) in [6, 6.07) is 76.1. The number of aromatic nitrogens is 4. The van der Waals surface area contributed by atoms with E-state index < -0.39 is 0 Å². The molecule has 4 heterocycles. The van der Waals surface area contributed by atoms with Gasteiger partial charge in [0.25, 0.3) is 0 Å². The van der Waals surface area contributed by atoms with Crippen LogP contribution in [0.25, 0.3) is 117 Å². The zero-order valence-electron chi connectivity index (χ0n) is 33.5. The van der Waals surface area contributed by atoms with Crippen LogP contribution in [-0.4, -0.2) is 19.6 Å². The lowest BCUT2D eigenvalue weighted by atomic mass is 9.96. The summed E-state index contributed by atoms with van der Waals surface area (Å²) in [4.78, 5) is 10.3. The van der Waals surface area contributed by atoms with E-state index >= 15 is 0 Å². The molecule has 0 unspecified atom stereocenters. The maximum absolute atomic E-state index is 6.21. The Morgan fingerprint density at radius 2 is 0.935 bits per heavy atom. The molecule has 290 valence electrons. The number of hydrogen-bond donors (Lipinski definition) is 0. The molecule has 0 atom stereocenters. The predicted molar refractivity (Wildman–Crippen MR) is 254 cm³/mol. The molecule has 5 heteroatoms. The van der Waals surface area contributed by atoms with Crippen molar-refractivity contribution in [2.45, 2.75) is 0 Å². The average molecular weight is 793 g/mol.